The van der Waals surface area contributed by atoms with E-state index in [2.05, 4.69) is 45.7 Å². The van der Waals surface area contributed by atoms with Gasteiger partial charge in [0.2, 0.25) is 23.6 Å². The number of unbranched alkanes of at least 4 members (excludes halogenated alkanes) is 5. The Morgan fingerprint density at radius 3 is 1.42 bits per heavy atom. The number of ether oxygens (including phenoxy) is 13. The van der Waals surface area contributed by atoms with Crippen LogP contribution >= 0.6 is 0 Å². The maximum absolute atomic E-state index is 13.9. The van der Waals surface area contributed by atoms with Crippen LogP contribution in [0.5, 0.6) is 5.75 Å². The number of aliphatic hydroxyl groups excluding tert-OH is 12. The summed E-state index contributed by atoms with van der Waals surface area (Å²) in [5, 5.41) is 148. The SMILES string of the molecule is CCCCCC/C=C\CCCOc1cccc(C(=O)NC2C(O[C@@H]3C(CO)OC(OC4C(CO)O[C@@H](O[C@@H]5C(CO)O[C@@H](O[C@H]6C(CO[C@@H]7OC(C)C(O)C(O)C7OC)OC[C@@H](NC(C)=O)[C@H]6O)C(NC(C)=O)C5O)[C@@H](NC(C)=O)[C@H]4O)C(NC(C)=O)C3O)OC(CO)[C@@H](O)C2O)c1. The van der Waals surface area contributed by atoms with E-state index in [0.29, 0.717) is 18.8 Å². The summed E-state index contributed by atoms with van der Waals surface area (Å²) in [6.07, 6.45) is -28.6. The van der Waals surface area contributed by atoms with Crippen LogP contribution in [0.1, 0.15) is 96.8 Å². The molecule has 1 aromatic rings. The van der Waals surface area contributed by atoms with Gasteiger partial charge in [-0.3, -0.25) is 24.0 Å². The molecule has 0 aliphatic carbocycles. The molecule has 7 rings (SSSR count). The average Bonchev–Trinajstić information content (AvgIpc) is 0.773. The van der Waals surface area contributed by atoms with Crippen molar-refractivity contribution >= 4 is 29.5 Å². The molecule has 6 heterocycles. The van der Waals surface area contributed by atoms with E-state index in [1.54, 1.807) is 12.1 Å². The standard InChI is InChI=1S/C63H101N5O30/c1-8-9-10-11-12-13-14-15-16-20-87-34-19-17-18-33(21-34)58(85)68-41-48(80)47(79)36(22-69)91-59(41)95-53-37(23-70)92-60(42(49(53)81)65-30(4)74)96-54-38(24-71)93-61(43(50(54)82)66-31(5)75)97-55-39(25-72)94-62(44(51(55)83)67-32(6)76)98-56-40(88-26-35(46(56)78)64-29(3)73)27-89-63-57(86-7)52(84)45(77)28(2)90-63/h13-14,17-19,21,28,35-57,59-63,69-72,77-84H,8-12,15-16,20,22-27H2,1-7H3,(H,64,73)(H,65,74)(H,66,75)(H,67,76)(H,68,85)/b14-13-/t28?,35-,36?,37?,38?,39?,40?,41?,42?,43+,44?,45?,46-,47-,48?,49?,50-,51?,52?,53-,54?,55-,56+,57?,59?,60?,61+,62+,63-/m1/s1. The van der Waals surface area contributed by atoms with Crippen LogP contribution in [-0.2, 0) is 76.0 Å². The second-order valence-corrected chi connectivity index (χ2v) is 25.2. The highest BCUT2D eigenvalue weighted by molar-refractivity contribution is 5.94. The second-order valence-electron chi connectivity index (χ2n) is 25.2. The van der Waals surface area contributed by atoms with Crippen molar-refractivity contribution in [2.45, 2.75) is 264 Å². The number of benzene rings is 1. The van der Waals surface area contributed by atoms with Gasteiger partial charge in [-0.25, -0.2) is 0 Å². The van der Waals surface area contributed by atoms with Gasteiger partial charge in [0.1, 0.15) is 140 Å². The second kappa shape index (κ2) is 38.4. The molecule has 1 aromatic carbocycles. The minimum atomic E-state index is -2.04. The molecule has 0 radical (unpaired) electrons. The fourth-order valence-corrected chi connectivity index (χ4v) is 12.6. The minimum Gasteiger partial charge on any atom is -0.494 e. The maximum atomic E-state index is 13.9. The Morgan fingerprint density at radius 2 is 0.959 bits per heavy atom. The Labute approximate surface area is 566 Å². The zero-order valence-corrected chi connectivity index (χ0v) is 55.8. The van der Waals surface area contributed by atoms with Gasteiger partial charge in [0.05, 0.1) is 58.4 Å². The molecule has 6 aliphatic heterocycles. The van der Waals surface area contributed by atoms with Crippen LogP contribution in [0.3, 0.4) is 0 Å². The van der Waals surface area contributed by atoms with Crippen molar-refractivity contribution in [3.8, 4) is 5.75 Å². The molecule has 6 fully saturated rings. The molecule has 29 atom stereocenters. The maximum Gasteiger partial charge on any atom is 0.251 e. The summed E-state index contributed by atoms with van der Waals surface area (Å²) in [5.41, 5.74) is 0.0543. The van der Waals surface area contributed by atoms with Crippen LogP contribution in [-0.4, -0.2) is 322 Å². The predicted molar refractivity (Wildman–Crippen MR) is 332 cm³/mol. The third-order valence-corrected chi connectivity index (χ3v) is 17.8. The highest BCUT2D eigenvalue weighted by Crippen LogP contribution is 2.37. The quantitative estimate of drug-likeness (QED) is 0.0236. The molecule has 6 saturated heterocycles. The van der Waals surface area contributed by atoms with E-state index < -0.39 is 240 Å². The topological polar surface area (TPSA) is 508 Å². The minimum absolute atomic E-state index is 0.0543. The zero-order valence-electron chi connectivity index (χ0n) is 55.8. The van der Waals surface area contributed by atoms with Gasteiger partial charge in [0.15, 0.2) is 31.5 Å². The number of allylic oxidation sites excluding steroid dienone is 2. The molecule has 6 aliphatic rings. The highest BCUT2D eigenvalue weighted by atomic mass is 16.8. The van der Waals surface area contributed by atoms with Crippen molar-refractivity contribution in [2.24, 2.45) is 0 Å². The van der Waals surface area contributed by atoms with E-state index in [9.17, 15) is 85.3 Å². The summed E-state index contributed by atoms with van der Waals surface area (Å²) in [6, 6.07) is -1.84. The van der Waals surface area contributed by atoms with Crippen molar-refractivity contribution in [3.05, 3.63) is 42.0 Å². The van der Waals surface area contributed by atoms with E-state index in [4.69, 9.17) is 61.6 Å². The fraction of sp³-hybridized carbons (Fsp3) is 0.794. The van der Waals surface area contributed by atoms with Gasteiger partial charge in [0.25, 0.3) is 5.91 Å². The van der Waals surface area contributed by atoms with Gasteiger partial charge in [-0.05, 0) is 50.8 Å². The molecule has 0 spiro atoms. The first kappa shape index (κ1) is 80.5. The number of nitrogens with one attached hydrogen (secondary N) is 5. The van der Waals surface area contributed by atoms with E-state index in [0.717, 1.165) is 46.5 Å². The lowest BCUT2D eigenvalue weighted by atomic mass is 9.93. The molecule has 35 heteroatoms. The Kier molecular flexibility index (Phi) is 31.6. The third-order valence-electron chi connectivity index (χ3n) is 17.8. The third kappa shape index (κ3) is 20.7. The number of hydrogen-bond donors (Lipinski definition) is 17. The van der Waals surface area contributed by atoms with Gasteiger partial charge in [-0.1, -0.05) is 44.4 Å². The van der Waals surface area contributed by atoms with Crippen LogP contribution in [0.4, 0.5) is 0 Å². The summed E-state index contributed by atoms with van der Waals surface area (Å²) in [5.74, 6) is -3.42. The molecule has 0 aromatic heterocycles. The normalized spacial score (nSPS) is 39.1. The summed E-state index contributed by atoms with van der Waals surface area (Å²) in [7, 11) is 1.25. The summed E-state index contributed by atoms with van der Waals surface area (Å²) < 4.78 is 78.4. The van der Waals surface area contributed by atoms with Crippen LogP contribution in [0.25, 0.3) is 0 Å². The Morgan fingerprint density at radius 1 is 0.500 bits per heavy atom. The number of carbonyl (C=O) groups is 5. The van der Waals surface area contributed by atoms with Gasteiger partial charge in [0, 0.05) is 40.4 Å². The average molecular weight is 1410 g/mol. The molecule has 0 saturated carbocycles. The van der Waals surface area contributed by atoms with Gasteiger partial charge in [-0.15, -0.1) is 0 Å². The van der Waals surface area contributed by atoms with Gasteiger partial charge in [-0.2, -0.15) is 0 Å². The predicted octanol–water partition coefficient (Wildman–Crippen LogP) is -6.04. The number of amides is 5. The van der Waals surface area contributed by atoms with Crippen molar-refractivity contribution in [2.75, 3.05) is 53.4 Å². The molecule has 18 unspecified atom stereocenters. The number of rotatable bonds is 32. The number of aliphatic hydroxyl groups is 12. The van der Waals surface area contributed by atoms with Crippen molar-refractivity contribution in [1.29, 1.82) is 0 Å². The number of methoxy groups -OCH3 is 1. The number of carbonyl (C=O) groups excluding carboxylic acids is 5. The van der Waals surface area contributed by atoms with E-state index in [-0.39, 0.29) is 12.2 Å². The molecular weight excluding hydrogens is 1310 g/mol. The first-order chi connectivity index (χ1) is 46.8. The number of hydrogen-bond acceptors (Lipinski definition) is 30. The van der Waals surface area contributed by atoms with Crippen LogP contribution in [0.15, 0.2) is 36.4 Å². The monoisotopic (exact) mass is 1410 g/mol. The highest BCUT2D eigenvalue weighted by Gasteiger charge is 2.58. The Hall–Kier alpha value is -4.85. The molecular formula is C63H101N5O30. The Bertz CT molecular complexity index is 2690. The van der Waals surface area contributed by atoms with Crippen LogP contribution < -0.4 is 31.3 Å². The van der Waals surface area contributed by atoms with E-state index >= 15 is 0 Å². The van der Waals surface area contributed by atoms with Crippen molar-refractivity contribution in [1.82, 2.24) is 26.6 Å². The lowest BCUT2D eigenvalue weighted by Crippen LogP contribution is -2.72. The fourth-order valence-electron chi connectivity index (χ4n) is 12.6. The Balaban J connectivity index is 1.07. The van der Waals surface area contributed by atoms with Crippen LogP contribution in [0.2, 0.25) is 0 Å². The lowest BCUT2D eigenvalue weighted by Gasteiger charge is -2.51. The molecule has 5 amide bonds. The smallest absolute Gasteiger partial charge is 0.251 e. The van der Waals surface area contributed by atoms with Gasteiger partial charge < -0.3 is 149 Å². The first-order valence-corrected chi connectivity index (χ1v) is 33.1. The largest absolute Gasteiger partial charge is 0.494 e. The summed E-state index contributed by atoms with van der Waals surface area (Å²) in [4.78, 5) is 65.1. The molecule has 0 bridgehead atoms. The van der Waals surface area contributed by atoms with Crippen molar-refractivity contribution < 1.29 is 147 Å². The van der Waals surface area contributed by atoms with Crippen LogP contribution in [0, 0.1) is 0 Å². The van der Waals surface area contributed by atoms with Gasteiger partial charge >= 0.3 is 0 Å². The summed E-state index contributed by atoms with van der Waals surface area (Å²) in [6.45, 7) is 3.68. The molecule has 558 valence electrons. The van der Waals surface area contributed by atoms with Crippen molar-refractivity contribution in [3.63, 3.8) is 0 Å². The van der Waals surface area contributed by atoms with E-state index in [1.807, 2.05) is 0 Å². The molecule has 35 nitrogen and oxygen atoms in total. The molecule has 98 heavy (non-hydrogen) atoms. The molecule has 17 N–H and O–H groups in total. The van der Waals surface area contributed by atoms with E-state index in [1.165, 1.54) is 45.9 Å². The first-order valence-electron chi connectivity index (χ1n) is 33.1. The summed E-state index contributed by atoms with van der Waals surface area (Å²) >= 11 is 0. The zero-order chi connectivity index (χ0) is 71.7. The lowest BCUT2D eigenvalue weighted by molar-refractivity contribution is -0.366.